The number of hydrogen-bond acceptors (Lipinski definition) is 2. The molecule has 90 valence electrons. The van der Waals surface area contributed by atoms with Gasteiger partial charge < -0.3 is 0 Å². The van der Waals surface area contributed by atoms with Crippen molar-refractivity contribution in [1.29, 1.82) is 0 Å². The summed E-state index contributed by atoms with van der Waals surface area (Å²) in [6.45, 7) is 1.93. The molecule has 1 aliphatic rings. The molecule has 2 rings (SSSR count). The second-order valence-electron chi connectivity index (χ2n) is 4.09. The minimum Gasteiger partial charge on any atom is -0.207 e. The van der Waals surface area contributed by atoms with Crippen LogP contribution in [0.2, 0.25) is 0 Å². The van der Waals surface area contributed by atoms with Gasteiger partial charge in [-0.05, 0) is 25.5 Å². The SMILES string of the molecule is Cc1ccc(S(=O)(=O)NC2C=CC=CC2)cc1. The first-order valence-corrected chi connectivity index (χ1v) is 6.98. The summed E-state index contributed by atoms with van der Waals surface area (Å²) in [7, 11) is -3.41. The Hall–Kier alpha value is -1.39. The molecule has 4 heteroatoms. The van der Waals surface area contributed by atoms with Crippen molar-refractivity contribution in [3.63, 3.8) is 0 Å². The molecule has 0 heterocycles. The van der Waals surface area contributed by atoms with Crippen molar-refractivity contribution in [2.75, 3.05) is 0 Å². The van der Waals surface area contributed by atoms with Gasteiger partial charge in [-0.15, -0.1) is 0 Å². The fourth-order valence-corrected chi connectivity index (χ4v) is 2.86. The van der Waals surface area contributed by atoms with Gasteiger partial charge in [-0.3, -0.25) is 0 Å². The lowest BCUT2D eigenvalue weighted by Gasteiger charge is -2.15. The van der Waals surface area contributed by atoms with Crippen LogP contribution in [0.4, 0.5) is 0 Å². The van der Waals surface area contributed by atoms with E-state index in [1.54, 1.807) is 24.3 Å². The monoisotopic (exact) mass is 249 g/mol. The van der Waals surface area contributed by atoms with E-state index >= 15 is 0 Å². The van der Waals surface area contributed by atoms with Crippen molar-refractivity contribution in [1.82, 2.24) is 4.72 Å². The second-order valence-corrected chi connectivity index (χ2v) is 5.80. The van der Waals surface area contributed by atoms with Crippen LogP contribution >= 0.6 is 0 Å². The van der Waals surface area contributed by atoms with Gasteiger partial charge in [-0.1, -0.05) is 42.0 Å². The van der Waals surface area contributed by atoms with E-state index in [9.17, 15) is 8.42 Å². The van der Waals surface area contributed by atoms with Gasteiger partial charge in [-0.2, -0.15) is 0 Å². The van der Waals surface area contributed by atoms with Crippen LogP contribution in [0.5, 0.6) is 0 Å². The van der Waals surface area contributed by atoms with Crippen LogP contribution < -0.4 is 4.72 Å². The molecule has 0 spiro atoms. The summed E-state index contributed by atoms with van der Waals surface area (Å²) in [6, 6.07) is 6.70. The minimum atomic E-state index is -3.41. The number of sulfonamides is 1. The van der Waals surface area contributed by atoms with Crippen molar-refractivity contribution < 1.29 is 8.42 Å². The molecule has 1 unspecified atom stereocenters. The van der Waals surface area contributed by atoms with Crippen molar-refractivity contribution in [2.24, 2.45) is 0 Å². The third-order valence-corrected chi connectivity index (χ3v) is 4.12. The molecular weight excluding hydrogens is 234 g/mol. The fourth-order valence-electron chi connectivity index (χ4n) is 1.65. The Kier molecular flexibility index (Phi) is 3.45. The van der Waals surface area contributed by atoms with Gasteiger partial charge in [0.15, 0.2) is 0 Å². The maximum atomic E-state index is 12.0. The summed E-state index contributed by atoms with van der Waals surface area (Å²) in [4.78, 5) is 0.311. The molecule has 3 nitrogen and oxygen atoms in total. The Labute approximate surface area is 102 Å². The molecule has 0 bridgehead atoms. The maximum Gasteiger partial charge on any atom is 0.241 e. The molecule has 0 radical (unpaired) electrons. The summed E-state index contributed by atoms with van der Waals surface area (Å²) >= 11 is 0. The van der Waals surface area contributed by atoms with Crippen LogP contribution in [-0.4, -0.2) is 14.5 Å². The van der Waals surface area contributed by atoms with Crippen LogP contribution in [0, 0.1) is 6.92 Å². The predicted molar refractivity (Wildman–Crippen MR) is 68.2 cm³/mol. The third-order valence-electron chi connectivity index (χ3n) is 2.62. The molecule has 0 aromatic heterocycles. The van der Waals surface area contributed by atoms with Crippen LogP contribution in [0.1, 0.15) is 12.0 Å². The molecular formula is C13H15NO2S. The Bertz CT molecular complexity index is 541. The number of nitrogens with one attached hydrogen (secondary N) is 1. The van der Waals surface area contributed by atoms with Crippen LogP contribution in [0.3, 0.4) is 0 Å². The van der Waals surface area contributed by atoms with Crippen molar-refractivity contribution in [3.8, 4) is 0 Å². The van der Waals surface area contributed by atoms with Gasteiger partial charge in [0.1, 0.15) is 0 Å². The number of hydrogen-bond donors (Lipinski definition) is 1. The Balaban J connectivity index is 2.16. The summed E-state index contributed by atoms with van der Waals surface area (Å²) in [5.74, 6) is 0. The quantitative estimate of drug-likeness (QED) is 0.892. The molecule has 1 aliphatic carbocycles. The zero-order valence-corrected chi connectivity index (χ0v) is 10.4. The third kappa shape index (κ3) is 3.05. The number of aryl methyl sites for hydroxylation is 1. The van der Waals surface area contributed by atoms with Gasteiger partial charge in [-0.25, -0.2) is 13.1 Å². The van der Waals surface area contributed by atoms with Gasteiger partial charge >= 0.3 is 0 Å². The topological polar surface area (TPSA) is 46.2 Å². The number of benzene rings is 1. The van der Waals surface area contributed by atoms with E-state index < -0.39 is 10.0 Å². The summed E-state index contributed by atoms with van der Waals surface area (Å²) in [5.41, 5.74) is 1.05. The first-order valence-electron chi connectivity index (χ1n) is 5.50. The average molecular weight is 249 g/mol. The maximum absolute atomic E-state index is 12.0. The van der Waals surface area contributed by atoms with Crippen LogP contribution in [0.15, 0.2) is 53.5 Å². The van der Waals surface area contributed by atoms with Gasteiger partial charge in [0, 0.05) is 6.04 Å². The lowest BCUT2D eigenvalue weighted by Crippen LogP contribution is -2.33. The fraction of sp³-hybridized carbons (Fsp3) is 0.231. The molecule has 0 aliphatic heterocycles. The lowest BCUT2D eigenvalue weighted by atomic mass is 10.1. The zero-order valence-electron chi connectivity index (χ0n) is 9.63. The highest BCUT2D eigenvalue weighted by Gasteiger charge is 2.17. The van der Waals surface area contributed by atoms with E-state index in [2.05, 4.69) is 4.72 Å². The van der Waals surface area contributed by atoms with Crippen molar-refractivity contribution in [2.45, 2.75) is 24.3 Å². The van der Waals surface area contributed by atoms with Gasteiger partial charge in [0.05, 0.1) is 4.90 Å². The average Bonchev–Trinajstić information content (AvgIpc) is 2.30. The van der Waals surface area contributed by atoms with E-state index in [0.29, 0.717) is 11.3 Å². The Morgan fingerprint density at radius 3 is 2.47 bits per heavy atom. The molecule has 1 atom stereocenters. The normalized spacial score (nSPS) is 19.5. The Morgan fingerprint density at radius 2 is 1.88 bits per heavy atom. The molecule has 0 fully saturated rings. The van der Waals surface area contributed by atoms with E-state index in [-0.39, 0.29) is 6.04 Å². The standard InChI is InChI=1S/C13H15NO2S/c1-11-7-9-13(10-8-11)17(15,16)14-12-5-3-2-4-6-12/h2-5,7-10,12,14H,6H2,1H3. The lowest BCUT2D eigenvalue weighted by molar-refractivity contribution is 0.571. The second kappa shape index (κ2) is 4.85. The van der Waals surface area contributed by atoms with Crippen LogP contribution in [-0.2, 0) is 10.0 Å². The zero-order chi connectivity index (χ0) is 12.3. The summed E-state index contributed by atoms with van der Waals surface area (Å²) in [5, 5.41) is 0. The smallest absolute Gasteiger partial charge is 0.207 e. The number of rotatable bonds is 3. The molecule has 0 saturated heterocycles. The van der Waals surface area contributed by atoms with Gasteiger partial charge in [0.2, 0.25) is 10.0 Å². The molecule has 1 N–H and O–H groups in total. The van der Waals surface area contributed by atoms with E-state index in [4.69, 9.17) is 0 Å². The largest absolute Gasteiger partial charge is 0.241 e. The van der Waals surface area contributed by atoms with E-state index in [0.717, 1.165) is 5.56 Å². The first kappa shape index (κ1) is 12.1. The molecule has 0 saturated carbocycles. The molecule has 0 amide bonds. The van der Waals surface area contributed by atoms with Crippen molar-refractivity contribution >= 4 is 10.0 Å². The minimum absolute atomic E-state index is 0.147. The first-order chi connectivity index (χ1) is 8.08. The highest BCUT2D eigenvalue weighted by Crippen LogP contribution is 2.12. The summed E-state index contributed by atoms with van der Waals surface area (Å²) < 4.78 is 26.8. The highest BCUT2D eigenvalue weighted by atomic mass is 32.2. The summed E-state index contributed by atoms with van der Waals surface area (Å²) in [6.07, 6.45) is 8.26. The van der Waals surface area contributed by atoms with Crippen molar-refractivity contribution in [3.05, 3.63) is 54.1 Å². The highest BCUT2D eigenvalue weighted by molar-refractivity contribution is 7.89. The number of allylic oxidation sites excluding steroid dienone is 2. The molecule has 17 heavy (non-hydrogen) atoms. The van der Waals surface area contributed by atoms with Gasteiger partial charge in [0.25, 0.3) is 0 Å². The van der Waals surface area contributed by atoms with E-state index in [1.165, 1.54) is 0 Å². The molecule has 1 aromatic rings. The molecule has 1 aromatic carbocycles. The Morgan fingerprint density at radius 1 is 1.18 bits per heavy atom. The van der Waals surface area contributed by atoms with Crippen LogP contribution in [0.25, 0.3) is 0 Å². The predicted octanol–water partition coefficient (Wildman–Crippen LogP) is 2.16. The van der Waals surface area contributed by atoms with E-state index in [1.807, 2.05) is 31.2 Å².